The molecular weight excluding hydrogens is 450 g/mol. The molecule has 0 unspecified atom stereocenters. The Kier molecular flexibility index (Phi) is 7.47. The Bertz CT molecular complexity index is 1170. The Balaban J connectivity index is 1.21. The smallest absolute Gasteiger partial charge is 0.253 e. The maximum Gasteiger partial charge on any atom is 0.253 e. The molecule has 0 radical (unpaired) electrons. The molecule has 188 valence electrons. The molecule has 0 bridgehead atoms. The Morgan fingerprint density at radius 1 is 0.972 bits per heavy atom. The number of pyridine rings is 2. The van der Waals surface area contributed by atoms with Crippen LogP contribution < -0.4 is 10.5 Å². The van der Waals surface area contributed by atoms with E-state index in [9.17, 15) is 4.79 Å². The number of nitrogens with zero attached hydrogens (tertiary/aromatic N) is 4. The lowest BCUT2D eigenvalue weighted by Crippen LogP contribution is -2.45. The van der Waals surface area contributed by atoms with Crippen molar-refractivity contribution in [3.8, 4) is 16.9 Å². The lowest BCUT2D eigenvalue weighted by molar-refractivity contribution is 0.0644. The van der Waals surface area contributed by atoms with Gasteiger partial charge in [-0.3, -0.25) is 9.78 Å². The van der Waals surface area contributed by atoms with E-state index in [-0.39, 0.29) is 5.91 Å². The van der Waals surface area contributed by atoms with E-state index in [0.717, 1.165) is 54.7 Å². The van der Waals surface area contributed by atoms with Gasteiger partial charge in [0.15, 0.2) is 11.6 Å². The minimum Gasteiger partial charge on any atom is -0.483 e. The monoisotopic (exact) mass is 485 g/mol. The number of anilines is 1. The molecule has 0 saturated carbocycles. The molecule has 0 aliphatic carbocycles. The molecule has 2 N–H and O–H groups in total. The van der Waals surface area contributed by atoms with Gasteiger partial charge in [-0.1, -0.05) is 25.1 Å². The minimum atomic E-state index is 0.113. The number of amides is 1. The zero-order valence-corrected chi connectivity index (χ0v) is 21.0. The summed E-state index contributed by atoms with van der Waals surface area (Å²) in [6.07, 6.45) is 9.32. The van der Waals surface area contributed by atoms with E-state index >= 15 is 0 Å². The first-order valence-electron chi connectivity index (χ1n) is 13.1. The summed E-state index contributed by atoms with van der Waals surface area (Å²) in [4.78, 5) is 26.5. The fourth-order valence-corrected chi connectivity index (χ4v) is 5.16. The second-order valence-electron chi connectivity index (χ2n) is 9.75. The summed E-state index contributed by atoms with van der Waals surface area (Å²) in [7, 11) is 0. The average Bonchev–Trinajstić information content (AvgIpc) is 3.48. The van der Waals surface area contributed by atoms with Crippen molar-refractivity contribution in [2.45, 2.75) is 51.7 Å². The zero-order valence-electron chi connectivity index (χ0n) is 21.0. The van der Waals surface area contributed by atoms with Crippen LogP contribution in [0.1, 0.15) is 54.2 Å². The van der Waals surface area contributed by atoms with E-state index in [1.807, 2.05) is 47.5 Å². The van der Waals surface area contributed by atoms with Gasteiger partial charge in [0.25, 0.3) is 5.91 Å². The third-order valence-corrected chi connectivity index (χ3v) is 7.43. The number of piperidine rings is 1. The summed E-state index contributed by atoms with van der Waals surface area (Å²) < 4.78 is 5.93. The van der Waals surface area contributed by atoms with E-state index in [2.05, 4.69) is 27.9 Å². The van der Waals surface area contributed by atoms with Crippen molar-refractivity contribution in [3.63, 3.8) is 0 Å². The number of ether oxygens (including phenoxy) is 1. The molecule has 3 aromatic rings. The lowest BCUT2D eigenvalue weighted by Gasteiger charge is -2.36. The number of carbonyl (C=O) groups excluding carboxylic acids is 1. The van der Waals surface area contributed by atoms with E-state index in [4.69, 9.17) is 10.5 Å². The highest BCUT2D eigenvalue weighted by atomic mass is 16.5. The summed E-state index contributed by atoms with van der Waals surface area (Å²) in [5, 5.41) is 0. The third kappa shape index (κ3) is 5.51. The Morgan fingerprint density at radius 2 is 1.72 bits per heavy atom. The highest BCUT2D eigenvalue weighted by Crippen LogP contribution is 2.28. The van der Waals surface area contributed by atoms with Gasteiger partial charge in [0.2, 0.25) is 0 Å². The van der Waals surface area contributed by atoms with Crippen molar-refractivity contribution in [2.75, 3.05) is 31.9 Å². The number of aryl methyl sites for hydroxylation is 1. The maximum atomic E-state index is 13.1. The molecule has 36 heavy (non-hydrogen) atoms. The van der Waals surface area contributed by atoms with Crippen LogP contribution in [0.5, 0.6) is 5.75 Å². The van der Waals surface area contributed by atoms with Crippen LogP contribution in [0.2, 0.25) is 0 Å². The topological polar surface area (TPSA) is 84.6 Å². The van der Waals surface area contributed by atoms with Gasteiger partial charge in [0, 0.05) is 42.7 Å². The number of nitrogens with two attached hydrogens (primary N) is 1. The Labute approximate surface area is 213 Å². The average molecular weight is 486 g/mol. The standard InChI is InChI=1S/C29H35N5O2/c1-2-21-5-10-25(31-18-21)20-36-27-17-24(19-32-28(27)30)22-6-8-23(9-7-22)29(35)34-15-11-26(12-16-34)33-13-3-4-14-33/h5-10,17-19,26H,2-4,11-16,20H2,1H3,(H2,30,32). The number of nitrogen functional groups attached to an aromatic ring is 1. The summed E-state index contributed by atoms with van der Waals surface area (Å²) in [5.74, 6) is 0.977. The summed E-state index contributed by atoms with van der Waals surface area (Å²) in [6.45, 7) is 6.53. The van der Waals surface area contributed by atoms with Crippen LogP contribution in [0.3, 0.4) is 0 Å². The van der Waals surface area contributed by atoms with Crippen LogP contribution in [0, 0.1) is 0 Å². The fourth-order valence-electron chi connectivity index (χ4n) is 5.16. The predicted molar refractivity (Wildman–Crippen MR) is 142 cm³/mol. The van der Waals surface area contributed by atoms with Gasteiger partial charge in [-0.25, -0.2) is 4.98 Å². The first kappa shape index (κ1) is 24.3. The molecule has 0 spiro atoms. The minimum absolute atomic E-state index is 0.113. The summed E-state index contributed by atoms with van der Waals surface area (Å²) in [6, 6.07) is 14.3. The zero-order chi connectivity index (χ0) is 24.9. The molecule has 4 heterocycles. The highest BCUT2D eigenvalue weighted by Gasteiger charge is 2.28. The number of benzene rings is 1. The van der Waals surface area contributed by atoms with Crippen molar-refractivity contribution >= 4 is 11.7 Å². The van der Waals surface area contributed by atoms with Crippen LogP contribution in [-0.2, 0) is 13.0 Å². The van der Waals surface area contributed by atoms with Gasteiger partial charge in [-0.2, -0.15) is 0 Å². The number of carbonyl (C=O) groups is 1. The molecule has 2 aliphatic heterocycles. The predicted octanol–water partition coefficient (Wildman–Crippen LogP) is 4.57. The van der Waals surface area contributed by atoms with Crippen LogP contribution in [0.25, 0.3) is 11.1 Å². The van der Waals surface area contributed by atoms with Gasteiger partial charge < -0.3 is 20.3 Å². The van der Waals surface area contributed by atoms with Crippen molar-refractivity contribution in [1.82, 2.24) is 19.8 Å². The van der Waals surface area contributed by atoms with Gasteiger partial charge in [0.1, 0.15) is 6.61 Å². The van der Waals surface area contributed by atoms with Crippen LogP contribution in [0.4, 0.5) is 5.82 Å². The number of hydrogen-bond acceptors (Lipinski definition) is 6. The molecule has 2 aliphatic rings. The van der Waals surface area contributed by atoms with E-state index < -0.39 is 0 Å². The normalized spacial score (nSPS) is 16.9. The van der Waals surface area contributed by atoms with Gasteiger partial charge in [0.05, 0.1) is 5.69 Å². The largest absolute Gasteiger partial charge is 0.483 e. The number of hydrogen-bond donors (Lipinski definition) is 1. The Morgan fingerprint density at radius 3 is 2.39 bits per heavy atom. The molecule has 7 heteroatoms. The first-order valence-corrected chi connectivity index (χ1v) is 13.1. The SMILES string of the molecule is CCc1ccc(COc2cc(-c3ccc(C(=O)N4CCC(N5CCCC5)CC4)cc3)cnc2N)nc1. The quantitative estimate of drug-likeness (QED) is 0.528. The maximum absolute atomic E-state index is 13.1. The number of likely N-dealkylation sites (tertiary alicyclic amines) is 2. The summed E-state index contributed by atoms with van der Waals surface area (Å²) in [5.41, 5.74) is 10.7. The molecule has 0 atom stereocenters. The molecule has 2 saturated heterocycles. The van der Waals surface area contributed by atoms with Crippen molar-refractivity contribution in [2.24, 2.45) is 0 Å². The second-order valence-corrected chi connectivity index (χ2v) is 9.75. The molecule has 2 fully saturated rings. The second kappa shape index (κ2) is 11.1. The van der Waals surface area contributed by atoms with Crippen molar-refractivity contribution < 1.29 is 9.53 Å². The molecule has 2 aromatic heterocycles. The van der Waals surface area contributed by atoms with Gasteiger partial charge in [-0.15, -0.1) is 0 Å². The first-order chi connectivity index (χ1) is 17.6. The molecule has 1 amide bonds. The number of aromatic nitrogens is 2. The van der Waals surface area contributed by atoms with Crippen molar-refractivity contribution in [3.05, 3.63) is 71.7 Å². The van der Waals surface area contributed by atoms with E-state index in [0.29, 0.717) is 24.2 Å². The molecule has 7 nitrogen and oxygen atoms in total. The van der Waals surface area contributed by atoms with Gasteiger partial charge >= 0.3 is 0 Å². The molecule has 5 rings (SSSR count). The van der Waals surface area contributed by atoms with E-state index in [1.165, 1.54) is 31.5 Å². The van der Waals surface area contributed by atoms with Crippen molar-refractivity contribution in [1.29, 1.82) is 0 Å². The van der Waals surface area contributed by atoms with Crippen LogP contribution >= 0.6 is 0 Å². The van der Waals surface area contributed by atoms with Gasteiger partial charge in [-0.05, 0) is 80.6 Å². The molecule has 1 aromatic carbocycles. The summed E-state index contributed by atoms with van der Waals surface area (Å²) >= 11 is 0. The van der Waals surface area contributed by atoms with E-state index in [1.54, 1.807) is 6.20 Å². The van der Waals surface area contributed by atoms with Crippen LogP contribution in [-0.4, -0.2) is 57.9 Å². The van der Waals surface area contributed by atoms with Crippen LogP contribution in [0.15, 0.2) is 54.9 Å². The lowest BCUT2D eigenvalue weighted by atomic mass is 10.0. The Hall–Kier alpha value is -3.45. The highest BCUT2D eigenvalue weighted by molar-refractivity contribution is 5.94. The third-order valence-electron chi connectivity index (χ3n) is 7.43. The fraction of sp³-hybridized carbons (Fsp3) is 0.414. The molecular formula is C29H35N5O2. The number of rotatable bonds is 7.